The molecule has 2 rings (SSSR count). The molecule has 0 fully saturated rings. The van der Waals surface area contributed by atoms with Gasteiger partial charge in [-0.1, -0.05) is 11.8 Å². The van der Waals surface area contributed by atoms with Gasteiger partial charge in [-0.3, -0.25) is 4.79 Å². The maximum Gasteiger partial charge on any atom is 0.190 e. The first-order valence-corrected chi connectivity index (χ1v) is 7.18. The van der Waals surface area contributed by atoms with Crippen molar-refractivity contribution in [2.45, 2.75) is 19.0 Å². The third-order valence-electron chi connectivity index (χ3n) is 2.20. The normalized spacial score (nSPS) is 10.6. The Balaban J connectivity index is 2.01. The minimum Gasteiger partial charge on any atom is -0.384 e. The van der Waals surface area contributed by atoms with E-state index in [9.17, 15) is 4.79 Å². The number of rotatable bonds is 4. The van der Waals surface area contributed by atoms with Crippen molar-refractivity contribution in [3.05, 3.63) is 33.6 Å². The minimum absolute atomic E-state index is 0.0989. The molecular formula is C12H13N3OS2. The van der Waals surface area contributed by atoms with Crippen LogP contribution in [0.3, 0.4) is 0 Å². The summed E-state index contributed by atoms with van der Waals surface area (Å²) in [5.41, 5.74) is 6.44. The SMILES string of the molecule is Cc1cc(N)nc(SCC(=O)c2ccc(C)s2)n1. The van der Waals surface area contributed by atoms with Crippen molar-refractivity contribution in [3.8, 4) is 0 Å². The summed E-state index contributed by atoms with van der Waals surface area (Å²) in [6, 6.07) is 5.51. The molecule has 0 aromatic carbocycles. The fraction of sp³-hybridized carbons (Fsp3) is 0.250. The molecule has 0 aliphatic heterocycles. The number of nitrogens with two attached hydrogens (primary N) is 1. The van der Waals surface area contributed by atoms with Crippen LogP contribution >= 0.6 is 23.1 Å². The monoisotopic (exact) mass is 279 g/mol. The lowest BCUT2D eigenvalue weighted by atomic mass is 10.3. The average molecular weight is 279 g/mol. The van der Waals surface area contributed by atoms with Gasteiger partial charge in [-0.2, -0.15) is 0 Å². The standard InChI is InChI=1S/C12H13N3OS2/c1-7-5-11(13)15-12(14-7)17-6-9(16)10-4-3-8(2)18-10/h3-5H,6H2,1-2H3,(H2,13,14,15). The van der Waals surface area contributed by atoms with Crippen LogP contribution in [0.1, 0.15) is 20.2 Å². The molecule has 2 heterocycles. The molecule has 6 heteroatoms. The lowest BCUT2D eigenvalue weighted by Crippen LogP contribution is -2.02. The Hall–Kier alpha value is -1.40. The van der Waals surface area contributed by atoms with Gasteiger partial charge in [0.05, 0.1) is 10.6 Å². The van der Waals surface area contributed by atoms with Gasteiger partial charge in [0.2, 0.25) is 0 Å². The van der Waals surface area contributed by atoms with Crippen LogP contribution in [0.5, 0.6) is 0 Å². The summed E-state index contributed by atoms with van der Waals surface area (Å²) in [7, 11) is 0. The lowest BCUT2D eigenvalue weighted by Gasteiger charge is -2.01. The zero-order valence-electron chi connectivity index (χ0n) is 10.1. The van der Waals surface area contributed by atoms with Gasteiger partial charge in [0.15, 0.2) is 10.9 Å². The van der Waals surface area contributed by atoms with Crippen LogP contribution in [0, 0.1) is 13.8 Å². The Kier molecular flexibility index (Phi) is 3.98. The number of nitrogens with zero attached hydrogens (tertiary/aromatic N) is 2. The smallest absolute Gasteiger partial charge is 0.190 e. The van der Waals surface area contributed by atoms with Crippen LogP contribution in [0.15, 0.2) is 23.4 Å². The van der Waals surface area contributed by atoms with Crippen molar-refractivity contribution >= 4 is 34.7 Å². The van der Waals surface area contributed by atoms with Gasteiger partial charge in [-0.25, -0.2) is 9.97 Å². The molecule has 0 unspecified atom stereocenters. The second-order valence-electron chi connectivity index (χ2n) is 3.84. The maximum atomic E-state index is 11.9. The molecule has 0 aliphatic rings. The van der Waals surface area contributed by atoms with Crippen LogP contribution < -0.4 is 5.73 Å². The first-order chi connectivity index (χ1) is 8.54. The number of aryl methyl sites for hydroxylation is 2. The van der Waals surface area contributed by atoms with Gasteiger partial charge in [0, 0.05) is 16.6 Å². The number of hydrogen-bond acceptors (Lipinski definition) is 6. The molecule has 2 aromatic rings. The zero-order chi connectivity index (χ0) is 13.1. The average Bonchev–Trinajstić information content (AvgIpc) is 2.71. The minimum atomic E-state index is 0.0989. The van der Waals surface area contributed by atoms with E-state index in [0.29, 0.717) is 16.7 Å². The molecule has 0 amide bonds. The molecular weight excluding hydrogens is 266 g/mol. The molecule has 0 bridgehead atoms. The second kappa shape index (κ2) is 5.49. The summed E-state index contributed by atoms with van der Waals surface area (Å²) >= 11 is 2.82. The Morgan fingerprint density at radius 3 is 2.78 bits per heavy atom. The highest BCUT2D eigenvalue weighted by Gasteiger charge is 2.10. The van der Waals surface area contributed by atoms with Crippen molar-refractivity contribution in [2.75, 3.05) is 11.5 Å². The van der Waals surface area contributed by atoms with Crippen molar-refractivity contribution in [3.63, 3.8) is 0 Å². The molecule has 18 heavy (non-hydrogen) atoms. The van der Waals surface area contributed by atoms with Crippen molar-refractivity contribution in [1.82, 2.24) is 9.97 Å². The molecule has 0 spiro atoms. The van der Waals surface area contributed by atoms with E-state index in [0.717, 1.165) is 15.4 Å². The number of hydrogen-bond donors (Lipinski definition) is 1. The van der Waals surface area contributed by atoms with Crippen LogP contribution in [0.2, 0.25) is 0 Å². The molecule has 0 saturated carbocycles. The molecule has 0 radical (unpaired) electrons. The van der Waals surface area contributed by atoms with E-state index in [-0.39, 0.29) is 5.78 Å². The molecule has 2 N–H and O–H groups in total. The van der Waals surface area contributed by atoms with Gasteiger partial charge < -0.3 is 5.73 Å². The van der Waals surface area contributed by atoms with Crippen molar-refractivity contribution in [1.29, 1.82) is 0 Å². The van der Waals surface area contributed by atoms with E-state index in [1.165, 1.54) is 23.1 Å². The predicted octanol–water partition coefficient (Wildman–Crippen LogP) is 2.71. The van der Waals surface area contributed by atoms with Crippen LogP contribution in [0.4, 0.5) is 5.82 Å². The Morgan fingerprint density at radius 2 is 2.17 bits per heavy atom. The van der Waals surface area contributed by atoms with Crippen molar-refractivity contribution in [2.24, 2.45) is 0 Å². The topological polar surface area (TPSA) is 68.9 Å². The first-order valence-electron chi connectivity index (χ1n) is 5.38. The van der Waals surface area contributed by atoms with Crippen LogP contribution in [0.25, 0.3) is 0 Å². The van der Waals surface area contributed by atoms with Crippen molar-refractivity contribution < 1.29 is 4.79 Å². The lowest BCUT2D eigenvalue weighted by molar-refractivity contribution is 0.102. The number of aromatic nitrogens is 2. The molecule has 94 valence electrons. The summed E-state index contributed by atoms with van der Waals surface area (Å²) in [5.74, 6) is 0.870. The number of carbonyl (C=O) groups excluding carboxylic acids is 1. The molecule has 0 atom stereocenters. The van der Waals surface area contributed by atoms with Gasteiger partial charge in [0.25, 0.3) is 0 Å². The zero-order valence-corrected chi connectivity index (χ0v) is 11.8. The number of carbonyl (C=O) groups is 1. The number of anilines is 1. The van der Waals surface area contributed by atoms with Crippen LogP contribution in [-0.4, -0.2) is 21.5 Å². The Labute approximate surface area is 114 Å². The third-order valence-corrected chi connectivity index (χ3v) is 4.09. The Morgan fingerprint density at radius 1 is 1.39 bits per heavy atom. The van der Waals surface area contributed by atoms with Crippen LogP contribution in [-0.2, 0) is 0 Å². The predicted molar refractivity (Wildman–Crippen MR) is 75.3 cm³/mol. The fourth-order valence-electron chi connectivity index (χ4n) is 1.42. The highest BCUT2D eigenvalue weighted by atomic mass is 32.2. The molecule has 4 nitrogen and oxygen atoms in total. The quantitative estimate of drug-likeness (QED) is 0.529. The number of thiophene rings is 1. The van der Waals surface area contributed by atoms with E-state index in [4.69, 9.17) is 5.73 Å². The van der Waals surface area contributed by atoms with Gasteiger partial charge in [-0.15, -0.1) is 11.3 Å². The number of Topliss-reactive ketones (excluding diaryl/α,β-unsaturated/α-hetero) is 1. The molecule has 0 aliphatic carbocycles. The second-order valence-corrected chi connectivity index (χ2v) is 6.07. The summed E-state index contributed by atoms with van der Waals surface area (Å²) in [4.78, 5) is 22.1. The highest BCUT2D eigenvalue weighted by Crippen LogP contribution is 2.20. The van der Waals surface area contributed by atoms with E-state index in [1.807, 2.05) is 26.0 Å². The number of nitrogen functional groups attached to an aromatic ring is 1. The fourth-order valence-corrected chi connectivity index (χ4v) is 3.11. The third kappa shape index (κ3) is 3.30. The maximum absolute atomic E-state index is 11.9. The largest absolute Gasteiger partial charge is 0.384 e. The van der Waals surface area contributed by atoms with Gasteiger partial charge in [0.1, 0.15) is 5.82 Å². The highest BCUT2D eigenvalue weighted by molar-refractivity contribution is 7.99. The Bertz CT molecular complexity index is 560. The van der Waals surface area contributed by atoms with E-state index in [2.05, 4.69) is 9.97 Å². The molecule has 2 aromatic heterocycles. The summed E-state index contributed by atoms with van der Waals surface area (Å²) in [5, 5.41) is 0.550. The summed E-state index contributed by atoms with van der Waals surface area (Å²) in [6.07, 6.45) is 0. The van der Waals surface area contributed by atoms with E-state index in [1.54, 1.807) is 6.07 Å². The van der Waals surface area contributed by atoms with Gasteiger partial charge >= 0.3 is 0 Å². The first kappa shape index (κ1) is 13.0. The molecule has 0 saturated heterocycles. The summed E-state index contributed by atoms with van der Waals surface area (Å²) < 4.78 is 0. The van der Waals surface area contributed by atoms with E-state index < -0.39 is 0 Å². The number of ketones is 1. The van der Waals surface area contributed by atoms with E-state index >= 15 is 0 Å². The van der Waals surface area contributed by atoms with Gasteiger partial charge in [-0.05, 0) is 26.0 Å². The summed E-state index contributed by atoms with van der Waals surface area (Å²) in [6.45, 7) is 3.84. The number of thioether (sulfide) groups is 1.